The number of carbonyl (C=O) groups is 1. The molecule has 1 aromatic rings. The average molecular weight is 334 g/mol. The maximum absolute atomic E-state index is 12.3. The second-order valence-corrected chi connectivity index (χ2v) is 7.44. The smallest absolute Gasteiger partial charge is 0.153 e. The minimum absolute atomic E-state index is 0.198. The second kappa shape index (κ2) is 5.33. The molecular formula is C13H14BrClOS. The number of carbonyl (C=O) groups excluding carboxylic acids is 1. The fraction of sp³-hybridized carbons (Fsp3) is 0.462. The lowest BCUT2D eigenvalue weighted by atomic mass is 9.95. The standard InChI is InChI=1S/C13H14BrClOS/c1-13(5-2-6-17-13)12(16)7-9-3-4-10(14)8-11(9)15/h3-4,8H,2,5-7H2,1H3. The normalized spacial score (nSPS) is 23.9. The van der Waals surface area contributed by atoms with Crippen LogP contribution in [0.4, 0.5) is 0 Å². The van der Waals surface area contributed by atoms with Crippen molar-refractivity contribution in [2.75, 3.05) is 5.75 Å². The zero-order chi connectivity index (χ0) is 12.5. The van der Waals surface area contributed by atoms with Gasteiger partial charge in [-0.15, -0.1) is 11.8 Å². The van der Waals surface area contributed by atoms with E-state index in [2.05, 4.69) is 22.9 Å². The Morgan fingerprint density at radius 1 is 1.59 bits per heavy atom. The lowest BCUT2D eigenvalue weighted by Crippen LogP contribution is -2.30. The topological polar surface area (TPSA) is 17.1 Å². The molecule has 92 valence electrons. The molecule has 0 radical (unpaired) electrons. The third-order valence-corrected chi connectivity index (χ3v) is 5.58. The van der Waals surface area contributed by atoms with Crippen LogP contribution in [0.15, 0.2) is 22.7 Å². The number of Topliss-reactive ketones (excluding diaryl/α,β-unsaturated/α-hetero) is 1. The van der Waals surface area contributed by atoms with E-state index in [1.807, 2.05) is 18.2 Å². The molecule has 1 atom stereocenters. The van der Waals surface area contributed by atoms with Crippen LogP contribution in [0.5, 0.6) is 0 Å². The second-order valence-electron chi connectivity index (χ2n) is 4.52. The third kappa shape index (κ3) is 3.07. The summed E-state index contributed by atoms with van der Waals surface area (Å²) in [5.74, 6) is 1.39. The highest BCUT2D eigenvalue weighted by atomic mass is 79.9. The van der Waals surface area contributed by atoms with E-state index >= 15 is 0 Å². The molecule has 1 heterocycles. The zero-order valence-electron chi connectivity index (χ0n) is 9.63. The Balaban J connectivity index is 2.13. The highest BCUT2D eigenvalue weighted by molar-refractivity contribution is 9.10. The first-order valence-corrected chi connectivity index (χ1v) is 7.78. The molecule has 0 N–H and O–H groups in total. The summed E-state index contributed by atoms with van der Waals surface area (Å²) in [5.41, 5.74) is 0.925. The molecule has 0 aliphatic carbocycles. The number of hydrogen-bond donors (Lipinski definition) is 0. The summed E-state index contributed by atoms with van der Waals surface area (Å²) in [6.45, 7) is 2.06. The van der Waals surface area contributed by atoms with Gasteiger partial charge in [-0.2, -0.15) is 0 Å². The van der Waals surface area contributed by atoms with E-state index in [1.165, 1.54) is 0 Å². The average Bonchev–Trinajstić information content (AvgIpc) is 2.71. The molecule has 0 aromatic heterocycles. The van der Waals surface area contributed by atoms with Crippen molar-refractivity contribution in [3.05, 3.63) is 33.3 Å². The molecule has 1 saturated heterocycles. The van der Waals surface area contributed by atoms with E-state index in [4.69, 9.17) is 11.6 Å². The number of hydrogen-bond acceptors (Lipinski definition) is 2. The minimum Gasteiger partial charge on any atom is -0.298 e. The van der Waals surface area contributed by atoms with E-state index in [9.17, 15) is 4.79 Å². The fourth-order valence-corrected chi connectivity index (χ4v) is 4.03. The highest BCUT2D eigenvalue weighted by Crippen LogP contribution is 2.39. The fourth-order valence-electron chi connectivity index (χ4n) is 2.02. The Hall–Kier alpha value is 0.01000. The summed E-state index contributed by atoms with van der Waals surface area (Å²) in [7, 11) is 0. The van der Waals surface area contributed by atoms with Crippen molar-refractivity contribution in [3.63, 3.8) is 0 Å². The molecule has 0 saturated carbocycles. The molecule has 17 heavy (non-hydrogen) atoms. The third-order valence-electron chi connectivity index (χ3n) is 3.17. The summed E-state index contributed by atoms with van der Waals surface area (Å²) in [6, 6.07) is 5.69. The van der Waals surface area contributed by atoms with Crippen LogP contribution in [-0.2, 0) is 11.2 Å². The number of halogens is 2. The van der Waals surface area contributed by atoms with Gasteiger partial charge in [0.25, 0.3) is 0 Å². The molecule has 0 bridgehead atoms. The molecule has 1 aliphatic rings. The van der Waals surface area contributed by atoms with Crippen LogP contribution in [0.1, 0.15) is 25.3 Å². The van der Waals surface area contributed by atoms with Crippen molar-refractivity contribution in [1.82, 2.24) is 0 Å². The van der Waals surface area contributed by atoms with Gasteiger partial charge in [0.1, 0.15) is 0 Å². The maximum atomic E-state index is 12.3. The Morgan fingerprint density at radius 2 is 2.35 bits per heavy atom. The molecule has 1 nitrogen and oxygen atoms in total. The highest BCUT2D eigenvalue weighted by Gasteiger charge is 2.36. The number of ketones is 1. The first kappa shape index (κ1) is 13.4. The van der Waals surface area contributed by atoms with Gasteiger partial charge < -0.3 is 0 Å². The molecule has 4 heteroatoms. The Kier molecular flexibility index (Phi) is 4.22. The van der Waals surface area contributed by atoms with E-state index < -0.39 is 0 Å². The van der Waals surface area contributed by atoms with E-state index in [0.717, 1.165) is 28.6 Å². The first-order valence-electron chi connectivity index (χ1n) is 5.62. The molecule has 2 rings (SSSR count). The number of thioether (sulfide) groups is 1. The van der Waals surface area contributed by atoms with Crippen molar-refractivity contribution in [2.24, 2.45) is 0 Å². The predicted octanol–water partition coefficient (Wildman–Crippen LogP) is 4.50. The van der Waals surface area contributed by atoms with Crippen LogP contribution in [-0.4, -0.2) is 16.3 Å². The Labute approximate surface area is 119 Å². The molecule has 1 unspecified atom stereocenters. The molecule has 0 amide bonds. The zero-order valence-corrected chi connectivity index (χ0v) is 12.8. The Morgan fingerprint density at radius 3 is 2.94 bits per heavy atom. The van der Waals surface area contributed by atoms with Gasteiger partial charge in [-0.1, -0.05) is 33.6 Å². The monoisotopic (exact) mass is 332 g/mol. The summed E-state index contributed by atoms with van der Waals surface area (Å²) in [4.78, 5) is 12.3. The molecule has 1 aromatic carbocycles. The van der Waals surface area contributed by atoms with Gasteiger partial charge in [0, 0.05) is 15.9 Å². The van der Waals surface area contributed by atoms with Gasteiger partial charge in [-0.25, -0.2) is 0 Å². The van der Waals surface area contributed by atoms with Gasteiger partial charge in [0.05, 0.1) is 4.75 Å². The summed E-state index contributed by atoms with van der Waals surface area (Å²) >= 11 is 11.3. The molecular weight excluding hydrogens is 320 g/mol. The van der Waals surface area contributed by atoms with Gasteiger partial charge in [-0.3, -0.25) is 4.79 Å². The lowest BCUT2D eigenvalue weighted by molar-refractivity contribution is -0.120. The van der Waals surface area contributed by atoms with Crippen LogP contribution in [0.3, 0.4) is 0 Å². The first-order chi connectivity index (χ1) is 8.01. The van der Waals surface area contributed by atoms with Gasteiger partial charge in [0.15, 0.2) is 5.78 Å². The quantitative estimate of drug-likeness (QED) is 0.810. The van der Waals surface area contributed by atoms with Gasteiger partial charge in [-0.05, 0) is 43.2 Å². The summed E-state index contributed by atoms with van der Waals surface area (Å²) < 4.78 is 0.747. The van der Waals surface area contributed by atoms with Crippen molar-refractivity contribution < 1.29 is 4.79 Å². The summed E-state index contributed by atoms with van der Waals surface area (Å²) in [6.07, 6.45) is 2.57. The SMILES string of the molecule is CC1(C(=O)Cc2ccc(Br)cc2Cl)CCCS1. The van der Waals surface area contributed by atoms with E-state index in [-0.39, 0.29) is 4.75 Å². The minimum atomic E-state index is -0.198. The molecule has 0 spiro atoms. The number of benzene rings is 1. The largest absolute Gasteiger partial charge is 0.298 e. The van der Waals surface area contributed by atoms with Crippen LogP contribution in [0.25, 0.3) is 0 Å². The summed E-state index contributed by atoms with van der Waals surface area (Å²) in [5, 5.41) is 0.666. The van der Waals surface area contributed by atoms with Crippen molar-refractivity contribution in [2.45, 2.75) is 30.9 Å². The molecule has 1 fully saturated rings. The maximum Gasteiger partial charge on any atom is 0.153 e. The Bertz CT molecular complexity index is 441. The predicted molar refractivity (Wildman–Crippen MR) is 78.0 cm³/mol. The van der Waals surface area contributed by atoms with E-state index in [0.29, 0.717) is 17.2 Å². The number of rotatable bonds is 3. The van der Waals surface area contributed by atoms with Crippen LogP contribution in [0, 0.1) is 0 Å². The lowest BCUT2D eigenvalue weighted by Gasteiger charge is -2.21. The molecule has 1 aliphatic heterocycles. The van der Waals surface area contributed by atoms with Crippen LogP contribution >= 0.6 is 39.3 Å². The van der Waals surface area contributed by atoms with Crippen molar-refractivity contribution >= 4 is 45.1 Å². The van der Waals surface area contributed by atoms with Gasteiger partial charge >= 0.3 is 0 Å². The van der Waals surface area contributed by atoms with E-state index in [1.54, 1.807) is 11.8 Å². The van der Waals surface area contributed by atoms with Crippen LogP contribution in [0.2, 0.25) is 5.02 Å². The van der Waals surface area contributed by atoms with Gasteiger partial charge in [0.2, 0.25) is 0 Å². The van der Waals surface area contributed by atoms with Crippen molar-refractivity contribution in [3.8, 4) is 0 Å². The van der Waals surface area contributed by atoms with Crippen molar-refractivity contribution in [1.29, 1.82) is 0 Å². The van der Waals surface area contributed by atoms with Crippen LogP contribution < -0.4 is 0 Å².